The first kappa shape index (κ1) is 21.5. The first-order valence-corrected chi connectivity index (χ1v) is 11.4. The number of alkyl halides is 2. The molecule has 0 atom stereocenters. The van der Waals surface area contributed by atoms with Crippen molar-refractivity contribution in [1.29, 1.82) is 0 Å². The van der Waals surface area contributed by atoms with Gasteiger partial charge in [0, 0.05) is 23.3 Å². The molecule has 0 bridgehead atoms. The zero-order valence-electron chi connectivity index (χ0n) is 17.1. The average molecular weight is 463 g/mol. The number of rotatable bonds is 7. The van der Waals surface area contributed by atoms with Gasteiger partial charge in [0.15, 0.2) is 5.16 Å². The van der Waals surface area contributed by atoms with Crippen LogP contribution in [0.3, 0.4) is 0 Å². The zero-order valence-corrected chi connectivity index (χ0v) is 18.8. The van der Waals surface area contributed by atoms with E-state index in [0.29, 0.717) is 26.8 Å². The summed E-state index contributed by atoms with van der Waals surface area (Å²) < 4.78 is 34.0. The molecule has 0 unspecified atom stereocenters. The first-order valence-electron chi connectivity index (χ1n) is 9.56. The van der Waals surface area contributed by atoms with E-state index in [-0.39, 0.29) is 17.1 Å². The van der Waals surface area contributed by atoms with Crippen LogP contribution in [0.15, 0.2) is 46.6 Å². The number of fused-ring (bicyclic) bond motifs is 1. The fraction of sp³-hybridized carbons (Fsp3) is 0.286. The molecule has 0 radical (unpaired) electrons. The number of aromatic nitrogens is 4. The van der Waals surface area contributed by atoms with Crippen LogP contribution < -0.4 is 10.3 Å². The molecule has 3 heterocycles. The topological polar surface area (TPSA) is 61.9 Å². The van der Waals surface area contributed by atoms with Crippen LogP contribution in [0.25, 0.3) is 15.9 Å². The maximum Gasteiger partial charge on any atom is 0.319 e. The van der Waals surface area contributed by atoms with Crippen molar-refractivity contribution in [3.05, 3.63) is 63.3 Å². The molecule has 0 saturated heterocycles. The molecule has 0 saturated carbocycles. The van der Waals surface area contributed by atoms with Gasteiger partial charge in [-0.25, -0.2) is 9.97 Å². The zero-order chi connectivity index (χ0) is 22.1. The molecule has 162 valence electrons. The number of hydrogen-bond donors (Lipinski definition) is 0. The Morgan fingerprint density at radius 2 is 2.13 bits per heavy atom. The summed E-state index contributed by atoms with van der Waals surface area (Å²) in [4.78, 5) is 24.1. The van der Waals surface area contributed by atoms with E-state index < -0.39 is 6.55 Å². The van der Waals surface area contributed by atoms with E-state index in [1.165, 1.54) is 40.1 Å². The third-order valence-electron chi connectivity index (χ3n) is 4.95. The Hall–Kier alpha value is -2.72. The summed E-state index contributed by atoms with van der Waals surface area (Å²) in [5.74, 6) is 0.956. The number of halogens is 2. The van der Waals surface area contributed by atoms with Crippen molar-refractivity contribution in [1.82, 2.24) is 19.1 Å². The van der Waals surface area contributed by atoms with Crippen LogP contribution in [0, 0.1) is 6.92 Å². The van der Waals surface area contributed by atoms with Gasteiger partial charge < -0.3 is 4.74 Å². The normalized spacial score (nSPS) is 11.5. The van der Waals surface area contributed by atoms with Crippen LogP contribution in [0.2, 0.25) is 0 Å². The van der Waals surface area contributed by atoms with E-state index in [1.807, 2.05) is 13.8 Å². The molecule has 0 spiro atoms. The molecule has 6 nitrogen and oxygen atoms in total. The Balaban J connectivity index is 1.87. The van der Waals surface area contributed by atoms with Crippen LogP contribution in [0.5, 0.6) is 5.75 Å². The second-order valence-electron chi connectivity index (χ2n) is 6.74. The number of benzene rings is 1. The Morgan fingerprint density at radius 3 is 2.84 bits per heavy atom. The van der Waals surface area contributed by atoms with Gasteiger partial charge in [0.2, 0.25) is 0 Å². The highest BCUT2D eigenvalue weighted by atomic mass is 32.2. The van der Waals surface area contributed by atoms with Gasteiger partial charge in [0.05, 0.1) is 23.9 Å². The number of ether oxygens (including phenoxy) is 1. The lowest BCUT2D eigenvalue weighted by atomic mass is 10.2. The van der Waals surface area contributed by atoms with Crippen LogP contribution in [0.4, 0.5) is 8.78 Å². The summed E-state index contributed by atoms with van der Waals surface area (Å²) in [5, 5.41) is 1.00. The van der Waals surface area contributed by atoms with Crippen molar-refractivity contribution in [2.75, 3.05) is 7.11 Å². The monoisotopic (exact) mass is 462 g/mol. The van der Waals surface area contributed by atoms with E-state index in [1.54, 1.807) is 31.4 Å². The molecule has 0 aliphatic heterocycles. The second-order valence-corrected chi connectivity index (χ2v) is 8.76. The van der Waals surface area contributed by atoms with Gasteiger partial charge in [-0.05, 0) is 31.0 Å². The van der Waals surface area contributed by atoms with E-state index in [0.717, 1.165) is 21.4 Å². The van der Waals surface area contributed by atoms with E-state index in [9.17, 15) is 13.6 Å². The number of nitrogens with zero attached hydrogens (tertiary/aromatic N) is 4. The van der Waals surface area contributed by atoms with Gasteiger partial charge in [-0.15, -0.1) is 11.3 Å². The van der Waals surface area contributed by atoms with Gasteiger partial charge in [-0.3, -0.25) is 13.9 Å². The lowest BCUT2D eigenvalue weighted by molar-refractivity contribution is 0.0678. The average Bonchev–Trinajstić information content (AvgIpc) is 3.36. The highest BCUT2D eigenvalue weighted by molar-refractivity contribution is 7.98. The smallest absolute Gasteiger partial charge is 0.319 e. The lowest BCUT2D eigenvalue weighted by Gasteiger charge is -2.13. The minimum absolute atomic E-state index is 0.143. The predicted octanol–water partition coefficient (Wildman–Crippen LogP) is 5.21. The first-order chi connectivity index (χ1) is 14.9. The Morgan fingerprint density at radius 1 is 1.32 bits per heavy atom. The number of aryl methyl sites for hydroxylation is 2. The maximum absolute atomic E-state index is 13.6. The van der Waals surface area contributed by atoms with Gasteiger partial charge in [0.25, 0.3) is 5.56 Å². The molecular weight excluding hydrogens is 442 g/mol. The van der Waals surface area contributed by atoms with Gasteiger partial charge in [0.1, 0.15) is 16.4 Å². The summed E-state index contributed by atoms with van der Waals surface area (Å²) in [6, 6.07) is 7.13. The summed E-state index contributed by atoms with van der Waals surface area (Å²) in [6.45, 7) is 1.29. The Labute approximate surface area is 185 Å². The minimum Gasteiger partial charge on any atom is -0.497 e. The minimum atomic E-state index is -2.68. The van der Waals surface area contributed by atoms with Gasteiger partial charge in [-0.2, -0.15) is 8.78 Å². The summed E-state index contributed by atoms with van der Waals surface area (Å²) >= 11 is 2.69. The van der Waals surface area contributed by atoms with Gasteiger partial charge >= 0.3 is 6.55 Å². The van der Waals surface area contributed by atoms with E-state index >= 15 is 0 Å². The molecule has 0 fully saturated rings. The largest absolute Gasteiger partial charge is 0.497 e. The summed E-state index contributed by atoms with van der Waals surface area (Å²) in [5.41, 5.74) is 1.34. The molecule has 4 aromatic rings. The Bertz CT molecular complexity index is 1300. The number of thiophene rings is 1. The van der Waals surface area contributed by atoms with Crippen molar-refractivity contribution in [3.63, 3.8) is 0 Å². The number of imidazole rings is 1. The molecule has 0 N–H and O–H groups in total. The molecule has 1 aromatic carbocycles. The standard InChI is InChI=1S/C21H20F2N4O2S2/c1-4-15-12(2)17-18(31-15)25-21(30-11-16-24-8-9-26(16)20(22)23)27(19(17)28)13-6-5-7-14(10-13)29-3/h5-10,20H,4,11H2,1-3H3. The highest BCUT2D eigenvalue weighted by Gasteiger charge is 2.20. The predicted molar refractivity (Wildman–Crippen MR) is 119 cm³/mol. The van der Waals surface area contributed by atoms with Crippen LogP contribution in [-0.2, 0) is 12.2 Å². The van der Waals surface area contributed by atoms with Crippen molar-refractivity contribution >= 4 is 33.3 Å². The van der Waals surface area contributed by atoms with Crippen LogP contribution in [-0.4, -0.2) is 26.2 Å². The van der Waals surface area contributed by atoms with Crippen LogP contribution >= 0.6 is 23.1 Å². The lowest BCUT2D eigenvalue weighted by Crippen LogP contribution is -2.21. The molecule has 0 aliphatic carbocycles. The van der Waals surface area contributed by atoms with Crippen molar-refractivity contribution in [3.8, 4) is 11.4 Å². The van der Waals surface area contributed by atoms with Crippen LogP contribution in [0.1, 0.15) is 29.7 Å². The number of methoxy groups -OCH3 is 1. The molecular formula is C21H20F2N4O2S2. The molecule has 10 heteroatoms. The van der Waals surface area contributed by atoms with Crippen molar-refractivity contribution in [2.24, 2.45) is 0 Å². The van der Waals surface area contributed by atoms with Crippen molar-refractivity contribution in [2.45, 2.75) is 37.7 Å². The summed E-state index contributed by atoms with van der Waals surface area (Å²) in [7, 11) is 1.56. The molecule has 0 amide bonds. The van der Waals surface area contributed by atoms with E-state index in [2.05, 4.69) is 4.98 Å². The molecule has 4 rings (SSSR count). The molecule has 0 aliphatic rings. The third kappa shape index (κ3) is 3.97. The second kappa shape index (κ2) is 8.80. The van der Waals surface area contributed by atoms with Gasteiger partial charge in [-0.1, -0.05) is 24.8 Å². The maximum atomic E-state index is 13.6. The summed E-state index contributed by atoms with van der Waals surface area (Å²) in [6.07, 6.45) is 3.38. The fourth-order valence-corrected chi connectivity index (χ4v) is 5.50. The number of hydrogen-bond acceptors (Lipinski definition) is 6. The molecule has 31 heavy (non-hydrogen) atoms. The van der Waals surface area contributed by atoms with E-state index in [4.69, 9.17) is 9.72 Å². The SMILES string of the molecule is CCc1sc2nc(SCc3nccn3C(F)F)n(-c3cccc(OC)c3)c(=O)c2c1C. The quantitative estimate of drug-likeness (QED) is 0.279. The Kier molecular flexibility index (Phi) is 6.10. The fourth-order valence-electron chi connectivity index (χ4n) is 3.38. The highest BCUT2D eigenvalue weighted by Crippen LogP contribution is 2.32. The molecule has 3 aromatic heterocycles. The van der Waals surface area contributed by atoms with Crippen molar-refractivity contribution < 1.29 is 13.5 Å². The number of thioether (sulfide) groups is 1. The third-order valence-corrected chi connectivity index (χ3v) is 7.22.